The molecular formula is C18H27N3O2. The lowest BCUT2D eigenvalue weighted by Crippen LogP contribution is -2.53. The molecule has 1 amide bonds. The third kappa shape index (κ3) is 3.35. The molecule has 1 aromatic rings. The van der Waals surface area contributed by atoms with Gasteiger partial charge in [0.2, 0.25) is 0 Å². The lowest BCUT2D eigenvalue weighted by molar-refractivity contribution is -0.151. The van der Waals surface area contributed by atoms with Gasteiger partial charge in [-0.05, 0) is 25.1 Å². The highest BCUT2D eigenvalue weighted by molar-refractivity contribution is 5.82. The van der Waals surface area contributed by atoms with Crippen LogP contribution in [0.2, 0.25) is 0 Å². The molecule has 0 saturated carbocycles. The Morgan fingerprint density at radius 2 is 2.04 bits per heavy atom. The standard InChI is InChI=1S/C18H27N3O2/c1-4-15-12-20(3)16-8-6-5-7-14(16)11-21(15)18(22)17-13-19(2)9-10-23-17/h5-8,15,17H,4,9-13H2,1-3H3/t15-,17+/m1/s1. The molecule has 0 aliphatic carbocycles. The van der Waals surface area contributed by atoms with Gasteiger partial charge in [-0.3, -0.25) is 4.79 Å². The molecule has 5 nitrogen and oxygen atoms in total. The van der Waals surface area contributed by atoms with Gasteiger partial charge in [-0.2, -0.15) is 0 Å². The van der Waals surface area contributed by atoms with Gasteiger partial charge < -0.3 is 19.4 Å². The number of fused-ring (bicyclic) bond motifs is 1. The van der Waals surface area contributed by atoms with Gasteiger partial charge in [-0.15, -0.1) is 0 Å². The zero-order chi connectivity index (χ0) is 16.4. The molecule has 23 heavy (non-hydrogen) atoms. The minimum atomic E-state index is -0.335. The molecule has 2 atom stereocenters. The van der Waals surface area contributed by atoms with E-state index in [2.05, 4.69) is 42.0 Å². The van der Waals surface area contributed by atoms with Crippen molar-refractivity contribution in [3.05, 3.63) is 29.8 Å². The van der Waals surface area contributed by atoms with Crippen molar-refractivity contribution in [2.75, 3.05) is 45.2 Å². The van der Waals surface area contributed by atoms with E-state index in [1.54, 1.807) is 0 Å². The molecule has 0 unspecified atom stereocenters. The van der Waals surface area contributed by atoms with Crippen LogP contribution in [0.25, 0.3) is 0 Å². The molecular weight excluding hydrogens is 290 g/mol. The molecule has 2 aliphatic heterocycles. The fourth-order valence-corrected chi connectivity index (χ4v) is 3.56. The molecule has 0 radical (unpaired) electrons. The smallest absolute Gasteiger partial charge is 0.253 e. The number of anilines is 1. The Hall–Kier alpha value is -1.59. The summed E-state index contributed by atoms with van der Waals surface area (Å²) < 4.78 is 5.77. The fraction of sp³-hybridized carbons (Fsp3) is 0.611. The number of benzene rings is 1. The van der Waals surface area contributed by atoms with Crippen molar-refractivity contribution in [1.29, 1.82) is 0 Å². The highest BCUT2D eigenvalue weighted by Crippen LogP contribution is 2.28. The Labute approximate surface area is 138 Å². The van der Waals surface area contributed by atoms with Gasteiger partial charge in [0.25, 0.3) is 5.91 Å². The highest BCUT2D eigenvalue weighted by atomic mass is 16.5. The SMILES string of the molecule is CC[C@@H]1CN(C)c2ccccc2CN1C(=O)[C@@H]1CN(C)CCO1. The van der Waals surface area contributed by atoms with Gasteiger partial charge in [0.05, 0.1) is 6.61 Å². The largest absolute Gasteiger partial charge is 0.372 e. The summed E-state index contributed by atoms with van der Waals surface area (Å²) in [4.78, 5) is 19.6. The summed E-state index contributed by atoms with van der Waals surface area (Å²) in [5, 5.41) is 0. The number of carbonyl (C=O) groups is 1. The predicted molar refractivity (Wildman–Crippen MR) is 91.6 cm³/mol. The summed E-state index contributed by atoms with van der Waals surface area (Å²) in [5.74, 6) is 0.133. The number of morpholine rings is 1. The van der Waals surface area contributed by atoms with Gasteiger partial charge >= 0.3 is 0 Å². The maximum atomic E-state index is 13.1. The van der Waals surface area contributed by atoms with Crippen LogP contribution in [0.4, 0.5) is 5.69 Å². The minimum absolute atomic E-state index is 0.133. The van der Waals surface area contributed by atoms with Crippen LogP contribution in [0.15, 0.2) is 24.3 Å². The quantitative estimate of drug-likeness (QED) is 0.830. The number of hydrogen-bond donors (Lipinski definition) is 0. The van der Waals surface area contributed by atoms with Gasteiger partial charge in [0.1, 0.15) is 6.10 Å². The molecule has 0 bridgehead atoms. The van der Waals surface area contributed by atoms with E-state index in [1.165, 1.54) is 11.3 Å². The molecule has 3 rings (SSSR count). The summed E-state index contributed by atoms with van der Waals surface area (Å²) in [6.45, 7) is 5.90. The predicted octanol–water partition coefficient (Wildman–Crippen LogP) is 1.57. The van der Waals surface area contributed by atoms with Crippen molar-refractivity contribution < 1.29 is 9.53 Å². The molecule has 0 spiro atoms. The number of amides is 1. The van der Waals surface area contributed by atoms with E-state index in [0.717, 1.165) is 19.5 Å². The first-order valence-electron chi connectivity index (χ1n) is 8.49. The number of hydrogen-bond acceptors (Lipinski definition) is 4. The third-order valence-corrected chi connectivity index (χ3v) is 4.97. The average Bonchev–Trinajstić information content (AvgIpc) is 2.71. The monoisotopic (exact) mass is 317 g/mol. The van der Waals surface area contributed by atoms with Crippen molar-refractivity contribution in [2.45, 2.75) is 32.0 Å². The lowest BCUT2D eigenvalue weighted by Gasteiger charge is -2.36. The van der Waals surface area contributed by atoms with Crippen molar-refractivity contribution in [3.63, 3.8) is 0 Å². The van der Waals surface area contributed by atoms with Crippen LogP contribution in [0, 0.1) is 0 Å². The van der Waals surface area contributed by atoms with Crippen LogP contribution in [0.3, 0.4) is 0 Å². The van der Waals surface area contributed by atoms with Crippen LogP contribution in [-0.2, 0) is 16.1 Å². The van der Waals surface area contributed by atoms with E-state index >= 15 is 0 Å². The molecule has 1 fully saturated rings. The number of para-hydroxylation sites is 1. The first-order valence-corrected chi connectivity index (χ1v) is 8.49. The average molecular weight is 317 g/mol. The molecule has 2 heterocycles. The van der Waals surface area contributed by atoms with Crippen LogP contribution >= 0.6 is 0 Å². The zero-order valence-corrected chi connectivity index (χ0v) is 14.4. The zero-order valence-electron chi connectivity index (χ0n) is 14.4. The van der Waals surface area contributed by atoms with E-state index in [4.69, 9.17) is 4.74 Å². The Bertz CT molecular complexity index is 563. The topological polar surface area (TPSA) is 36.0 Å². The number of carbonyl (C=O) groups excluding carboxylic acids is 1. The normalized spacial score (nSPS) is 25.9. The molecule has 2 aliphatic rings. The second-order valence-electron chi connectivity index (χ2n) is 6.66. The highest BCUT2D eigenvalue weighted by Gasteiger charge is 2.34. The number of rotatable bonds is 2. The summed E-state index contributed by atoms with van der Waals surface area (Å²) in [6.07, 6.45) is 0.616. The lowest BCUT2D eigenvalue weighted by atomic mass is 10.1. The fourth-order valence-electron chi connectivity index (χ4n) is 3.56. The number of nitrogens with zero attached hydrogens (tertiary/aromatic N) is 3. The first-order chi connectivity index (χ1) is 11.1. The molecule has 126 valence electrons. The van der Waals surface area contributed by atoms with Crippen LogP contribution in [0.5, 0.6) is 0 Å². The number of ether oxygens (including phenoxy) is 1. The Kier molecular flexibility index (Phi) is 4.87. The minimum Gasteiger partial charge on any atom is -0.372 e. The Morgan fingerprint density at radius 1 is 1.26 bits per heavy atom. The van der Waals surface area contributed by atoms with E-state index < -0.39 is 0 Å². The maximum Gasteiger partial charge on any atom is 0.253 e. The van der Waals surface area contributed by atoms with E-state index in [9.17, 15) is 4.79 Å². The van der Waals surface area contributed by atoms with E-state index in [0.29, 0.717) is 19.7 Å². The van der Waals surface area contributed by atoms with Crippen LogP contribution in [0.1, 0.15) is 18.9 Å². The molecule has 1 saturated heterocycles. The molecule has 5 heteroatoms. The first kappa shape index (κ1) is 16.3. The van der Waals surface area contributed by atoms with Crippen molar-refractivity contribution in [1.82, 2.24) is 9.80 Å². The molecule has 0 N–H and O–H groups in total. The molecule has 0 aromatic heterocycles. The Balaban J connectivity index is 1.85. The number of likely N-dealkylation sites (N-methyl/N-ethyl adjacent to an activating group) is 2. The summed E-state index contributed by atoms with van der Waals surface area (Å²) in [7, 11) is 4.16. The van der Waals surface area contributed by atoms with E-state index in [-0.39, 0.29) is 18.1 Å². The van der Waals surface area contributed by atoms with Crippen molar-refractivity contribution >= 4 is 11.6 Å². The second-order valence-corrected chi connectivity index (χ2v) is 6.66. The third-order valence-electron chi connectivity index (χ3n) is 4.97. The Morgan fingerprint density at radius 3 is 2.78 bits per heavy atom. The van der Waals surface area contributed by atoms with Crippen molar-refractivity contribution in [3.8, 4) is 0 Å². The summed E-state index contributed by atoms with van der Waals surface area (Å²) >= 11 is 0. The van der Waals surface area contributed by atoms with Crippen LogP contribution < -0.4 is 4.90 Å². The van der Waals surface area contributed by atoms with Gasteiger partial charge in [-0.1, -0.05) is 25.1 Å². The second kappa shape index (κ2) is 6.89. The van der Waals surface area contributed by atoms with Crippen molar-refractivity contribution in [2.24, 2.45) is 0 Å². The van der Waals surface area contributed by atoms with E-state index in [1.807, 2.05) is 18.0 Å². The van der Waals surface area contributed by atoms with Gasteiger partial charge in [0, 0.05) is 45.0 Å². The summed E-state index contributed by atoms with van der Waals surface area (Å²) in [6, 6.07) is 8.59. The van der Waals surface area contributed by atoms with Crippen LogP contribution in [-0.4, -0.2) is 68.2 Å². The van der Waals surface area contributed by atoms with Gasteiger partial charge in [0.15, 0.2) is 0 Å². The molecule has 1 aromatic carbocycles. The van der Waals surface area contributed by atoms with Gasteiger partial charge in [-0.25, -0.2) is 0 Å². The maximum absolute atomic E-state index is 13.1. The summed E-state index contributed by atoms with van der Waals surface area (Å²) in [5.41, 5.74) is 2.44.